The lowest BCUT2D eigenvalue weighted by molar-refractivity contribution is 0.0949. The number of carbonyl (C=O) groups excluding carboxylic acids is 1. The molecule has 1 unspecified atom stereocenters. The summed E-state index contributed by atoms with van der Waals surface area (Å²) in [5.41, 5.74) is 5.77. The molecule has 0 radical (unpaired) electrons. The van der Waals surface area contributed by atoms with E-state index in [1.54, 1.807) is 0 Å². The Labute approximate surface area is 87.5 Å². The molecular formula is C10H14N2OS. The molecule has 2 heterocycles. The van der Waals surface area contributed by atoms with Gasteiger partial charge < -0.3 is 5.73 Å². The monoisotopic (exact) mass is 210 g/mol. The first-order chi connectivity index (χ1) is 6.75. The van der Waals surface area contributed by atoms with Gasteiger partial charge in [-0.05, 0) is 17.9 Å². The molecule has 4 heteroatoms. The number of nitrogens with zero attached hydrogens (tertiary/aromatic N) is 1. The average molecular weight is 210 g/mol. The van der Waals surface area contributed by atoms with Crippen molar-refractivity contribution in [2.24, 2.45) is 5.73 Å². The maximum Gasteiger partial charge on any atom is 0.186 e. The lowest BCUT2D eigenvalue weighted by Gasteiger charge is -2.12. The van der Waals surface area contributed by atoms with Gasteiger partial charge in [0.2, 0.25) is 0 Å². The van der Waals surface area contributed by atoms with Crippen LogP contribution in [0, 0.1) is 0 Å². The van der Waals surface area contributed by atoms with E-state index in [2.05, 4.69) is 4.90 Å². The number of hydrogen-bond acceptors (Lipinski definition) is 4. The van der Waals surface area contributed by atoms with Crippen molar-refractivity contribution in [3.05, 3.63) is 22.4 Å². The highest BCUT2D eigenvalue weighted by atomic mass is 32.1. The van der Waals surface area contributed by atoms with Gasteiger partial charge >= 0.3 is 0 Å². The topological polar surface area (TPSA) is 46.3 Å². The van der Waals surface area contributed by atoms with E-state index in [0.29, 0.717) is 6.54 Å². The zero-order chi connectivity index (χ0) is 9.97. The molecule has 0 bridgehead atoms. The Hall–Kier alpha value is -0.710. The van der Waals surface area contributed by atoms with Gasteiger partial charge in [-0.3, -0.25) is 9.69 Å². The zero-order valence-electron chi connectivity index (χ0n) is 7.98. The predicted octanol–water partition coefficient (Wildman–Crippen LogP) is 0.964. The van der Waals surface area contributed by atoms with Crippen LogP contribution in [0.4, 0.5) is 0 Å². The molecule has 1 aliphatic heterocycles. The highest BCUT2D eigenvalue weighted by molar-refractivity contribution is 7.12. The van der Waals surface area contributed by atoms with Gasteiger partial charge in [0.15, 0.2) is 5.78 Å². The summed E-state index contributed by atoms with van der Waals surface area (Å²) in [7, 11) is 0. The highest BCUT2D eigenvalue weighted by Crippen LogP contribution is 2.12. The maximum atomic E-state index is 11.7. The zero-order valence-corrected chi connectivity index (χ0v) is 8.80. The van der Waals surface area contributed by atoms with Crippen molar-refractivity contribution in [2.75, 3.05) is 19.6 Å². The fraction of sp³-hybridized carbons (Fsp3) is 0.500. The number of Topliss-reactive ketones (excluding diaryl/α,β-unsaturated/α-hetero) is 1. The van der Waals surface area contributed by atoms with Gasteiger partial charge in [-0.15, -0.1) is 11.3 Å². The molecule has 1 fully saturated rings. The Morgan fingerprint density at radius 3 is 3.14 bits per heavy atom. The summed E-state index contributed by atoms with van der Waals surface area (Å²) in [5, 5.41) is 1.93. The summed E-state index contributed by atoms with van der Waals surface area (Å²) in [6.45, 7) is 2.34. The summed E-state index contributed by atoms with van der Waals surface area (Å²) in [5.74, 6) is 0.217. The van der Waals surface area contributed by atoms with Crippen LogP contribution in [0.3, 0.4) is 0 Å². The minimum atomic E-state index is 0.217. The largest absolute Gasteiger partial charge is 0.326 e. The summed E-state index contributed by atoms with van der Waals surface area (Å²) >= 11 is 1.51. The van der Waals surface area contributed by atoms with Crippen LogP contribution in [0.5, 0.6) is 0 Å². The molecule has 2 N–H and O–H groups in total. The number of hydrogen-bond donors (Lipinski definition) is 1. The molecule has 1 aliphatic rings. The van der Waals surface area contributed by atoms with Crippen LogP contribution in [0.25, 0.3) is 0 Å². The van der Waals surface area contributed by atoms with E-state index in [4.69, 9.17) is 5.73 Å². The number of likely N-dealkylation sites (tertiary alicyclic amines) is 1. The summed E-state index contributed by atoms with van der Waals surface area (Å²) in [6.07, 6.45) is 1.01. The Morgan fingerprint density at radius 2 is 2.57 bits per heavy atom. The Kier molecular flexibility index (Phi) is 2.96. The molecule has 1 aromatic heterocycles. The van der Waals surface area contributed by atoms with Gasteiger partial charge in [-0.25, -0.2) is 0 Å². The number of nitrogens with two attached hydrogens (primary N) is 1. The second kappa shape index (κ2) is 4.21. The smallest absolute Gasteiger partial charge is 0.186 e. The normalized spacial score (nSPS) is 22.8. The first-order valence-electron chi connectivity index (χ1n) is 4.80. The molecule has 1 aromatic rings. The third-order valence-electron chi connectivity index (χ3n) is 2.47. The van der Waals surface area contributed by atoms with E-state index < -0.39 is 0 Å². The molecule has 76 valence electrons. The molecule has 2 rings (SSSR count). The van der Waals surface area contributed by atoms with Crippen LogP contribution in [0.1, 0.15) is 16.1 Å². The average Bonchev–Trinajstić information content (AvgIpc) is 2.75. The highest BCUT2D eigenvalue weighted by Gasteiger charge is 2.21. The van der Waals surface area contributed by atoms with Gasteiger partial charge in [0.05, 0.1) is 11.4 Å². The summed E-state index contributed by atoms with van der Waals surface area (Å²) in [6, 6.07) is 4.04. The van der Waals surface area contributed by atoms with E-state index in [-0.39, 0.29) is 11.8 Å². The first kappa shape index (κ1) is 9.83. The van der Waals surface area contributed by atoms with Crippen molar-refractivity contribution in [1.29, 1.82) is 0 Å². The van der Waals surface area contributed by atoms with Crippen molar-refractivity contribution < 1.29 is 4.79 Å². The third-order valence-corrected chi connectivity index (χ3v) is 3.38. The van der Waals surface area contributed by atoms with E-state index in [1.165, 1.54) is 11.3 Å². The van der Waals surface area contributed by atoms with Gasteiger partial charge in [0.1, 0.15) is 0 Å². The Bertz CT molecular complexity index is 310. The number of ketones is 1. The quantitative estimate of drug-likeness (QED) is 0.756. The van der Waals surface area contributed by atoms with Crippen molar-refractivity contribution >= 4 is 17.1 Å². The van der Waals surface area contributed by atoms with Crippen LogP contribution >= 0.6 is 11.3 Å². The maximum absolute atomic E-state index is 11.7. The molecule has 0 aliphatic carbocycles. The van der Waals surface area contributed by atoms with E-state index in [1.807, 2.05) is 17.5 Å². The molecule has 0 aromatic carbocycles. The van der Waals surface area contributed by atoms with Gasteiger partial charge in [-0.2, -0.15) is 0 Å². The third kappa shape index (κ3) is 2.20. The van der Waals surface area contributed by atoms with Crippen LogP contribution < -0.4 is 5.73 Å². The molecule has 0 saturated carbocycles. The van der Waals surface area contributed by atoms with E-state index >= 15 is 0 Å². The number of thiophene rings is 1. The Balaban J connectivity index is 1.89. The van der Waals surface area contributed by atoms with E-state index in [0.717, 1.165) is 24.4 Å². The van der Waals surface area contributed by atoms with Crippen LogP contribution in [0.15, 0.2) is 17.5 Å². The predicted molar refractivity (Wildman–Crippen MR) is 57.7 cm³/mol. The lowest BCUT2D eigenvalue weighted by atomic mass is 10.3. The molecule has 1 atom stereocenters. The van der Waals surface area contributed by atoms with Crippen LogP contribution in [-0.4, -0.2) is 36.4 Å². The summed E-state index contributed by atoms with van der Waals surface area (Å²) in [4.78, 5) is 14.7. The van der Waals surface area contributed by atoms with Crippen LogP contribution in [0.2, 0.25) is 0 Å². The number of carbonyl (C=O) groups is 1. The van der Waals surface area contributed by atoms with E-state index in [9.17, 15) is 4.79 Å². The van der Waals surface area contributed by atoms with Gasteiger partial charge in [0.25, 0.3) is 0 Å². The second-order valence-electron chi connectivity index (χ2n) is 3.68. The summed E-state index contributed by atoms with van der Waals surface area (Å²) < 4.78 is 0. The molecule has 14 heavy (non-hydrogen) atoms. The second-order valence-corrected chi connectivity index (χ2v) is 4.63. The Morgan fingerprint density at radius 1 is 1.71 bits per heavy atom. The minimum absolute atomic E-state index is 0.217. The van der Waals surface area contributed by atoms with Gasteiger partial charge in [0, 0.05) is 19.1 Å². The lowest BCUT2D eigenvalue weighted by Crippen LogP contribution is -2.30. The van der Waals surface area contributed by atoms with Crippen LogP contribution in [-0.2, 0) is 0 Å². The molecule has 1 saturated heterocycles. The van der Waals surface area contributed by atoms with Crippen molar-refractivity contribution in [1.82, 2.24) is 4.90 Å². The van der Waals surface area contributed by atoms with Crippen molar-refractivity contribution in [3.8, 4) is 0 Å². The number of rotatable bonds is 3. The van der Waals surface area contributed by atoms with Crippen molar-refractivity contribution in [2.45, 2.75) is 12.5 Å². The molecule has 0 spiro atoms. The minimum Gasteiger partial charge on any atom is -0.326 e. The molecule has 3 nitrogen and oxygen atoms in total. The standard InChI is InChI=1S/C10H14N2OS/c11-8-3-4-12(6-8)7-9(13)10-2-1-5-14-10/h1-2,5,8H,3-4,6-7,11H2. The van der Waals surface area contributed by atoms with Gasteiger partial charge in [-0.1, -0.05) is 6.07 Å². The molecule has 0 amide bonds. The fourth-order valence-electron chi connectivity index (χ4n) is 1.72. The SMILES string of the molecule is NC1CCN(CC(=O)c2cccs2)C1. The molecular weight excluding hydrogens is 196 g/mol. The fourth-order valence-corrected chi connectivity index (χ4v) is 2.38. The van der Waals surface area contributed by atoms with Crippen molar-refractivity contribution in [3.63, 3.8) is 0 Å². The first-order valence-corrected chi connectivity index (χ1v) is 5.68.